The van der Waals surface area contributed by atoms with Crippen molar-refractivity contribution in [2.75, 3.05) is 26.3 Å². The molecule has 184 valence electrons. The van der Waals surface area contributed by atoms with Gasteiger partial charge in [-0.3, -0.25) is 14.3 Å². The van der Waals surface area contributed by atoms with Crippen molar-refractivity contribution >= 4 is 11.8 Å². The van der Waals surface area contributed by atoms with Gasteiger partial charge in [0.05, 0.1) is 25.4 Å². The number of aliphatic hydroxyl groups is 1. The Labute approximate surface area is 187 Å². The van der Waals surface area contributed by atoms with Gasteiger partial charge in [-0.1, -0.05) is 26.0 Å². The second-order valence-corrected chi connectivity index (χ2v) is 9.12. The lowest BCUT2D eigenvalue weighted by Crippen LogP contribution is -2.57. The van der Waals surface area contributed by atoms with Crippen molar-refractivity contribution < 1.29 is 37.3 Å². The molecule has 0 aromatic heterocycles. The largest absolute Gasteiger partial charge is 0.522 e. The Morgan fingerprint density at radius 3 is 2.38 bits per heavy atom. The number of ether oxygens (including phenoxy) is 2. The summed E-state index contributed by atoms with van der Waals surface area (Å²) in [6.45, 7) is 5.49. The van der Waals surface area contributed by atoms with Gasteiger partial charge >= 0.3 is 6.36 Å². The lowest BCUT2D eigenvalue weighted by Gasteiger charge is -2.38. The van der Waals surface area contributed by atoms with Crippen molar-refractivity contribution in [3.8, 4) is 0 Å². The van der Waals surface area contributed by atoms with Crippen molar-refractivity contribution in [2.45, 2.75) is 77.5 Å². The number of amides is 2. The zero-order chi connectivity index (χ0) is 23.9. The van der Waals surface area contributed by atoms with Crippen LogP contribution in [0.1, 0.15) is 52.9 Å². The third-order valence-corrected chi connectivity index (χ3v) is 6.16. The molecule has 32 heavy (non-hydrogen) atoms. The fraction of sp³-hybridized carbons (Fsp3) is 0.818. The Balaban J connectivity index is 2.03. The van der Waals surface area contributed by atoms with E-state index in [2.05, 4.69) is 16.1 Å². The molecule has 0 aromatic rings. The number of nitrogens with one attached hydrogen (secondary N) is 1. The average Bonchev–Trinajstić information content (AvgIpc) is 2.75. The van der Waals surface area contributed by atoms with Crippen LogP contribution >= 0.6 is 0 Å². The maximum atomic E-state index is 13.2. The van der Waals surface area contributed by atoms with Gasteiger partial charge in [-0.05, 0) is 39.0 Å². The predicted molar refractivity (Wildman–Crippen MR) is 111 cm³/mol. The lowest BCUT2D eigenvalue weighted by molar-refractivity contribution is -0.345. The molecule has 1 saturated heterocycles. The number of piperidine rings is 1. The van der Waals surface area contributed by atoms with E-state index in [4.69, 9.17) is 4.74 Å². The van der Waals surface area contributed by atoms with E-state index in [1.165, 1.54) is 4.90 Å². The molecule has 2 amide bonds. The molecule has 1 aliphatic carbocycles. The summed E-state index contributed by atoms with van der Waals surface area (Å²) in [6, 6.07) is -0.972. The molecule has 1 fully saturated rings. The number of likely N-dealkylation sites (tertiary alicyclic amines) is 1. The number of alkyl halides is 3. The third kappa shape index (κ3) is 7.74. The molecule has 0 radical (unpaired) electrons. The Morgan fingerprint density at radius 1 is 1.22 bits per heavy atom. The van der Waals surface area contributed by atoms with E-state index in [0.717, 1.165) is 12.8 Å². The first-order valence-corrected chi connectivity index (χ1v) is 11.2. The summed E-state index contributed by atoms with van der Waals surface area (Å²) >= 11 is 0. The second kappa shape index (κ2) is 11.5. The molecule has 1 aliphatic heterocycles. The normalized spacial score (nSPS) is 24.4. The number of carbonyl (C=O) groups excluding carboxylic acids is 2. The van der Waals surface area contributed by atoms with Crippen molar-refractivity contribution in [3.63, 3.8) is 0 Å². The molecule has 10 heteroatoms. The van der Waals surface area contributed by atoms with Gasteiger partial charge in [0.1, 0.15) is 6.04 Å². The Kier molecular flexibility index (Phi) is 9.53. The fourth-order valence-corrected chi connectivity index (χ4v) is 3.95. The molecule has 2 unspecified atom stereocenters. The zero-order valence-electron chi connectivity index (χ0n) is 19.0. The number of hydrogen-bond donors (Lipinski definition) is 2. The van der Waals surface area contributed by atoms with Crippen LogP contribution in [0.3, 0.4) is 0 Å². The van der Waals surface area contributed by atoms with Gasteiger partial charge in [0.2, 0.25) is 11.8 Å². The topological polar surface area (TPSA) is 88.1 Å². The van der Waals surface area contributed by atoms with E-state index in [0.29, 0.717) is 6.42 Å². The highest BCUT2D eigenvalue weighted by Gasteiger charge is 2.39. The highest BCUT2D eigenvalue weighted by Crippen LogP contribution is 2.33. The smallest absolute Gasteiger partial charge is 0.396 e. The number of allylic oxidation sites excluding steroid dienone is 2. The number of hydrogen-bond acceptors (Lipinski definition) is 5. The number of nitrogens with zero attached hydrogens (tertiary/aromatic N) is 1. The molecule has 1 heterocycles. The number of rotatable bonds is 9. The average molecular weight is 465 g/mol. The Hall–Kier alpha value is -1.65. The van der Waals surface area contributed by atoms with Crippen molar-refractivity contribution in [2.24, 2.45) is 11.3 Å². The fourth-order valence-electron chi connectivity index (χ4n) is 3.95. The first-order chi connectivity index (χ1) is 15.0. The van der Waals surface area contributed by atoms with Crippen LogP contribution in [-0.4, -0.2) is 72.7 Å². The van der Waals surface area contributed by atoms with E-state index >= 15 is 0 Å². The number of carbonyl (C=O) groups is 2. The first kappa shape index (κ1) is 26.6. The minimum atomic E-state index is -4.70. The van der Waals surface area contributed by atoms with Crippen LogP contribution in [0.5, 0.6) is 0 Å². The zero-order valence-corrected chi connectivity index (χ0v) is 19.0. The highest BCUT2D eigenvalue weighted by atomic mass is 19.4. The first-order valence-electron chi connectivity index (χ1n) is 11.2. The molecule has 3 atom stereocenters. The summed E-state index contributed by atoms with van der Waals surface area (Å²) in [5, 5.41) is 12.6. The van der Waals surface area contributed by atoms with Crippen molar-refractivity contribution in [1.29, 1.82) is 0 Å². The van der Waals surface area contributed by atoms with Crippen LogP contribution in [0, 0.1) is 11.3 Å². The Morgan fingerprint density at radius 2 is 1.88 bits per heavy atom. The SMILES string of the molecule is CC(C)C(=O)NC(C(=O)N1CCC(OC(F)(F)F)CC1)[C@@H](C)OCC1(CO)CC=CCC1. The van der Waals surface area contributed by atoms with Crippen LogP contribution in [0.2, 0.25) is 0 Å². The van der Waals surface area contributed by atoms with E-state index in [-0.39, 0.29) is 51.0 Å². The second-order valence-electron chi connectivity index (χ2n) is 9.12. The molecule has 0 spiro atoms. The monoisotopic (exact) mass is 464 g/mol. The maximum Gasteiger partial charge on any atom is 0.522 e. The maximum absolute atomic E-state index is 13.2. The summed E-state index contributed by atoms with van der Waals surface area (Å²) in [7, 11) is 0. The van der Waals surface area contributed by atoms with Gasteiger partial charge in [-0.15, -0.1) is 13.2 Å². The quantitative estimate of drug-likeness (QED) is 0.513. The molecular formula is C22H35F3N2O5. The van der Waals surface area contributed by atoms with Gasteiger partial charge in [0.15, 0.2) is 0 Å². The highest BCUT2D eigenvalue weighted by molar-refractivity contribution is 5.88. The predicted octanol–water partition coefficient (Wildman–Crippen LogP) is 2.78. The van der Waals surface area contributed by atoms with Crippen molar-refractivity contribution in [1.82, 2.24) is 10.2 Å². The van der Waals surface area contributed by atoms with Gasteiger partial charge < -0.3 is 20.1 Å². The van der Waals surface area contributed by atoms with Gasteiger partial charge in [-0.25, -0.2) is 0 Å². The Bertz CT molecular complexity index is 662. The standard InChI is InChI=1S/C22H35F3N2O5/c1-15(2)19(29)26-18(16(3)31-14-21(13-28)9-5-4-6-10-21)20(30)27-11-7-17(8-12-27)32-22(23,24)25/h4-5,15-18,28H,6-14H2,1-3H3,(H,26,29)/t16-,18?,21?/m1/s1. The van der Waals surface area contributed by atoms with Crippen LogP contribution < -0.4 is 5.32 Å². The van der Waals surface area contributed by atoms with Crippen LogP contribution in [0.25, 0.3) is 0 Å². The van der Waals surface area contributed by atoms with E-state index in [1.807, 2.05) is 6.08 Å². The number of aliphatic hydroxyl groups excluding tert-OH is 1. The summed E-state index contributed by atoms with van der Waals surface area (Å²) in [5.74, 6) is -1.05. The van der Waals surface area contributed by atoms with E-state index < -0.39 is 35.9 Å². The lowest BCUT2D eigenvalue weighted by atomic mass is 9.78. The molecule has 0 saturated carbocycles. The summed E-state index contributed by atoms with van der Waals surface area (Å²) < 4.78 is 47.4. The minimum absolute atomic E-state index is 0.0479. The molecule has 2 rings (SSSR count). The molecule has 2 N–H and O–H groups in total. The van der Waals surface area contributed by atoms with Crippen LogP contribution in [-0.2, 0) is 19.1 Å². The van der Waals surface area contributed by atoms with Gasteiger partial charge in [0, 0.05) is 24.4 Å². The summed E-state index contributed by atoms with van der Waals surface area (Å²) in [5.41, 5.74) is -0.425. The summed E-state index contributed by atoms with van der Waals surface area (Å²) in [6.07, 6.45) is 0.0723. The molecule has 2 aliphatic rings. The molecule has 0 aromatic carbocycles. The number of halogens is 3. The summed E-state index contributed by atoms with van der Waals surface area (Å²) in [4.78, 5) is 27.0. The van der Waals surface area contributed by atoms with E-state index in [9.17, 15) is 27.9 Å². The van der Waals surface area contributed by atoms with E-state index in [1.54, 1.807) is 20.8 Å². The van der Waals surface area contributed by atoms with Gasteiger partial charge in [0.25, 0.3) is 0 Å². The molecule has 0 bridgehead atoms. The minimum Gasteiger partial charge on any atom is -0.396 e. The van der Waals surface area contributed by atoms with Gasteiger partial charge in [-0.2, -0.15) is 0 Å². The van der Waals surface area contributed by atoms with Crippen LogP contribution in [0.4, 0.5) is 13.2 Å². The molecular weight excluding hydrogens is 429 g/mol. The van der Waals surface area contributed by atoms with Crippen molar-refractivity contribution in [3.05, 3.63) is 12.2 Å². The van der Waals surface area contributed by atoms with Crippen LogP contribution in [0.15, 0.2) is 12.2 Å². The third-order valence-electron chi connectivity index (χ3n) is 6.16. The molecule has 7 nitrogen and oxygen atoms in total.